The predicted octanol–water partition coefficient (Wildman–Crippen LogP) is 2.27. The van der Waals surface area contributed by atoms with Crippen molar-refractivity contribution >= 4 is 5.97 Å². The number of aliphatic carboxylic acids is 1. The van der Waals surface area contributed by atoms with Crippen molar-refractivity contribution in [3.63, 3.8) is 0 Å². The van der Waals surface area contributed by atoms with Crippen LogP contribution in [0.5, 0.6) is 0 Å². The molecule has 0 aromatic carbocycles. The van der Waals surface area contributed by atoms with Crippen LogP contribution >= 0.6 is 0 Å². The van der Waals surface area contributed by atoms with Crippen LogP contribution in [-0.4, -0.2) is 23.7 Å². The quantitative estimate of drug-likeness (QED) is 0.771. The van der Waals surface area contributed by atoms with Crippen LogP contribution in [0.2, 0.25) is 0 Å². The van der Waals surface area contributed by atoms with Crippen molar-refractivity contribution in [2.45, 2.75) is 51.5 Å². The van der Waals surface area contributed by atoms with Gasteiger partial charge in [0.05, 0.1) is 5.92 Å². The Kier molecular flexibility index (Phi) is 3.85. The van der Waals surface area contributed by atoms with Crippen LogP contribution in [0.15, 0.2) is 0 Å². The third kappa shape index (κ3) is 2.76. The number of nitrogens with one attached hydrogen (secondary N) is 1. The molecule has 0 aromatic rings. The van der Waals surface area contributed by atoms with Crippen molar-refractivity contribution in [1.29, 1.82) is 0 Å². The van der Waals surface area contributed by atoms with E-state index in [4.69, 9.17) is 5.11 Å². The molecule has 0 amide bonds. The van der Waals surface area contributed by atoms with E-state index in [9.17, 15) is 4.79 Å². The van der Waals surface area contributed by atoms with Gasteiger partial charge in [-0.3, -0.25) is 4.79 Å². The number of hydrogen-bond acceptors (Lipinski definition) is 2. The fourth-order valence-corrected chi connectivity index (χ4v) is 3.10. The molecule has 92 valence electrons. The standard InChI is InChI=1S/C13H23NO2/c1-9-3-2-4-10(7-9)8-14-12-6-5-11(12)13(15)16/h9-12,14H,2-8H2,1H3,(H,15,16). The monoisotopic (exact) mass is 225 g/mol. The summed E-state index contributed by atoms with van der Waals surface area (Å²) < 4.78 is 0. The van der Waals surface area contributed by atoms with E-state index in [0.29, 0.717) is 0 Å². The van der Waals surface area contributed by atoms with Crippen LogP contribution in [0.4, 0.5) is 0 Å². The Morgan fingerprint density at radius 2 is 2.12 bits per heavy atom. The highest BCUT2D eigenvalue weighted by molar-refractivity contribution is 5.72. The highest BCUT2D eigenvalue weighted by Gasteiger charge is 2.36. The average molecular weight is 225 g/mol. The Balaban J connectivity index is 1.69. The molecular weight excluding hydrogens is 202 g/mol. The van der Waals surface area contributed by atoms with E-state index in [-0.39, 0.29) is 12.0 Å². The third-order valence-electron chi connectivity index (χ3n) is 4.31. The van der Waals surface area contributed by atoms with Gasteiger partial charge in [0.1, 0.15) is 0 Å². The van der Waals surface area contributed by atoms with Gasteiger partial charge in [-0.25, -0.2) is 0 Å². The summed E-state index contributed by atoms with van der Waals surface area (Å²) in [6.45, 7) is 3.36. The lowest BCUT2D eigenvalue weighted by Gasteiger charge is -2.36. The number of carboxylic acids is 1. The molecule has 0 bridgehead atoms. The van der Waals surface area contributed by atoms with E-state index in [2.05, 4.69) is 12.2 Å². The summed E-state index contributed by atoms with van der Waals surface area (Å²) in [5.41, 5.74) is 0. The zero-order valence-corrected chi connectivity index (χ0v) is 10.1. The normalized spacial score (nSPS) is 39.1. The zero-order chi connectivity index (χ0) is 11.5. The van der Waals surface area contributed by atoms with Crippen LogP contribution in [0.25, 0.3) is 0 Å². The molecule has 2 aliphatic rings. The van der Waals surface area contributed by atoms with Gasteiger partial charge >= 0.3 is 5.97 Å². The van der Waals surface area contributed by atoms with Gasteiger partial charge in [0, 0.05) is 6.04 Å². The minimum Gasteiger partial charge on any atom is -0.481 e. The van der Waals surface area contributed by atoms with E-state index in [1.807, 2.05) is 0 Å². The Hall–Kier alpha value is -0.570. The Morgan fingerprint density at radius 1 is 1.31 bits per heavy atom. The number of hydrogen-bond donors (Lipinski definition) is 2. The molecule has 3 heteroatoms. The summed E-state index contributed by atoms with van der Waals surface area (Å²) in [6.07, 6.45) is 7.25. The maximum atomic E-state index is 10.9. The predicted molar refractivity (Wildman–Crippen MR) is 63.3 cm³/mol. The van der Waals surface area contributed by atoms with Crippen LogP contribution in [-0.2, 0) is 4.79 Å². The second kappa shape index (κ2) is 5.17. The summed E-state index contributed by atoms with van der Waals surface area (Å²) in [6, 6.07) is 0.245. The summed E-state index contributed by atoms with van der Waals surface area (Å²) >= 11 is 0. The minimum absolute atomic E-state index is 0.124. The first-order chi connectivity index (χ1) is 7.66. The topological polar surface area (TPSA) is 49.3 Å². The second-order valence-corrected chi connectivity index (χ2v) is 5.67. The van der Waals surface area contributed by atoms with Gasteiger partial charge in [-0.2, -0.15) is 0 Å². The van der Waals surface area contributed by atoms with E-state index in [1.165, 1.54) is 25.7 Å². The van der Waals surface area contributed by atoms with Crippen LogP contribution in [0, 0.1) is 17.8 Å². The van der Waals surface area contributed by atoms with Crippen LogP contribution in [0.1, 0.15) is 45.4 Å². The third-order valence-corrected chi connectivity index (χ3v) is 4.31. The summed E-state index contributed by atoms with van der Waals surface area (Å²) in [5.74, 6) is 0.887. The average Bonchev–Trinajstić information content (AvgIpc) is 2.15. The molecule has 2 N–H and O–H groups in total. The lowest BCUT2D eigenvalue weighted by molar-refractivity contribution is -0.146. The lowest BCUT2D eigenvalue weighted by atomic mass is 9.78. The molecule has 2 fully saturated rings. The summed E-state index contributed by atoms with van der Waals surface area (Å²) in [4.78, 5) is 10.9. The molecule has 2 rings (SSSR count). The van der Waals surface area contributed by atoms with Crippen molar-refractivity contribution in [2.75, 3.05) is 6.54 Å². The van der Waals surface area contributed by atoms with Gasteiger partial charge < -0.3 is 10.4 Å². The van der Waals surface area contributed by atoms with Gasteiger partial charge in [-0.15, -0.1) is 0 Å². The van der Waals surface area contributed by atoms with Crippen molar-refractivity contribution < 1.29 is 9.90 Å². The smallest absolute Gasteiger partial charge is 0.308 e. The van der Waals surface area contributed by atoms with Crippen molar-refractivity contribution in [2.24, 2.45) is 17.8 Å². The molecule has 0 heterocycles. The minimum atomic E-state index is -0.624. The number of carbonyl (C=O) groups is 1. The molecule has 3 nitrogen and oxygen atoms in total. The summed E-state index contributed by atoms with van der Waals surface area (Å²) in [5, 5.41) is 12.4. The number of rotatable bonds is 4. The first kappa shape index (κ1) is 11.9. The van der Waals surface area contributed by atoms with Gasteiger partial charge in [-0.05, 0) is 44.1 Å². The van der Waals surface area contributed by atoms with Crippen molar-refractivity contribution in [3.8, 4) is 0 Å². The Morgan fingerprint density at radius 3 is 2.69 bits per heavy atom. The van der Waals surface area contributed by atoms with E-state index < -0.39 is 5.97 Å². The van der Waals surface area contributed by atoms with Gasteiger partial charge in [-0.1, -0.05) is 19.8 Å². The first-order valence-electron chi connectivity index (χ1n) is 6.63. The largest absolute Gasteiger partial charge is 0.481 e. The van der Waals surface area contributed by atoms with Gasteiger partial charge in [0.25, 0.3) is 0 Å². The number of carboxylic acid groups (broad SMARTS) is 1. The SMILES string of the molecule is CC1CCCC(CNC2CCC2C(=O)O)C1. The zero-order valence-electron chi connectivity index (χ0n) is 10.1. The molecule has 2 saturated carbocycles. The molecule has 0 radical (unpaired) electrons. The van der Waals surface area contributed by atoms with E-state index >= 15 is 0 Å². The van der Waals surface area contributed by atoms with Crippen molar-refractivity contribution in [3.05, 3.63) is 0 Å². The van der Waals surface area contributed by atoms with Crippen LogP contribution < -0.4 is 5.32 Å². The lowest BCUT2D eigenvalue weighted by Crippen LogP contribution is -2.49. The van der Waals surface area contributed by atoms with Gasteiger partial charge in [0.15, 0.2) is 0 Å². The molecule has 4 unspecified atom stereocenters. The van der Waals surface area contributed by atoms with Crippen LogP contribution in [0.3, 0.4) is 0 Å². The Bertz CT molecular complexity index is 254. The Labute approximate surface area is 97.6 Å². The molecular formula is C13H23NO2. The summed E-state index contributed by atoms with van der Waals surface area (Å²) in [7, 11) is 0. The van der Waals surface area contributed by atoms with E-state index in [1.54, 1.807) is 0 Å². The highest BCUT2D eigenvalue weighted by atomic mass is 16.4. The van der Waals surface area contributed by atoms with Gasteiger partial charge in [0.2, 0.25) is 0 Å². The molecule has 2 aliphatic carbocycles. The molecule has 0 saturated heterocycles. The molecule has 0 aliphatic heterocycles. The van der Waals surface area contributed by atoms with E-state index in [0.717, 1.165) is 31.2 Å². The highest BCUT2D eigenvalue weighted by Crippen LogP contribution is 2.30. The fourth-order valence-electron chi connectivity index (χ4n) is 3.10. The molecule has 0 spiro atoms. The second-order valence-electron chi connectivity index (χ2n) is 5.67. The fraction of sp³-hybridized carbons (Fsp3) is 0.923. The maximum absolute atomic E-state index is 10.9. The maximum Gasteiger partial charge on any atom is 0.308 e. The first-order valence-corrected chi connectivity index (χ1v) is 6.63. The molecule has 16 heavy (non-hydrogen) atoms. The molecule has 0 aromatic heterocycles. The van der Waals surface area contributed by atoms with Crippen molar-refractivity contribution in [1.82, 2.24) is 5.32 Å². The molecule has 4 atom stereocenters.